The van der Waals surface area contributed by atoms with E-state index in [1.807, 2.05) is 20.8 Å². The van der Waals surface area contributed by atoms with E-state index in [0.29, 0.717) is 30.3 Å². The first-order valence-electron chi connectivity index (χ1n) is 46.3. The number of hydrogen-bond acceptors (Lipinski definition) is 9. The molecule has 6 aliphatic carbocycles. The summed E-state index contributed by atoms with van der Waals surface area (Å²) in [7, 11) is 1.75. The van der Waals surface area contributed by atoms with Crippen molar-refractivity contribution in [2.75, 3.05) is 7.11 Å². The molecule has 121 heavy (non-hydrogen) atoms. The van der Waals surface area contributed by atoms with E-state index < -0.39 is 24.7 Å². The Labute approximate surface area is 723 Å². The average Bonchev–Trinajstić information content (AvgIpc) is 1.62. The monoisotopic (exact) mass is 1680 g/mol. The molecule has 2 bridgehead atoms. The number of alkyl halides is 6. The molecule has 12 atom stereocenters. The van der Waals surface area contributed by atoms with Crippen LogP contribution < -0.4 is 18.9 Å². The van der Waals surface area contributed by atoms with Crippen molar-refractivity contribution in [3.63, 3.8) is 0 Å². The first-order chi connectivity index (χ1) is 57.7. The Morgan fingerprint density at radius 1 is 0.372 bits per heavy atom. The lowest BCUT2D eigenvalue weighted by molar-refractivity contribution is -0.346. The second-order valence-electron chi connectivity index (χ2n) is 38.3. The molecule has 0 amide bonds. The molecule has 12 unspecified atom stereocenters. The fraction of sp³-hybridized carbons (Fsp3) is 0.604. The summed E-state index contributed by atoms with van der Waals surface area (Å²) in [5.74, 6) is 7.70. The summed E-state index contributed by atoms with van der Waals surface area (Å²) in [5, 5.41) is 0. The number of rotatable bonds is 36. The molecule has 0 aromatic heterocycles. The summed E-state index contributed by atoms with van der Waals surface area (Å²) in [6, 6.07) is 60.6. The van der Waals surface area contributed by atoms with Crippen LogP contribution in [0.3, 0.4) is 0 Å². The van der Waals surface area contributed by atoms with Crippen molar-refractivity contribution in [3.8, 4) is 23.0 Å². The molecule has 15 heteroatoms. The number of hydrogen-bond donors (Lipinski definition) is 0. The molecule has 9 nitrogen and oxygen atoms in total. The Kier molecular flexibility index (Phi) is 36.1. The fourth-order valence-electron chi connectivity index (χ4n) is 19.0. The van der Waals surface area contributed by atoms with Gasteiger partial charge in [0.05, 0.1) is 23.9 Å². The average molecular weight is 1680 g/mol. The van der Waals surface area contributed by atoms with E-state index in [-0.39, 0.29) is 77.4 Å². The van der Waals surface area contributed by atoms with Crippen LogP contribution in [0.4, 0.5) is 26.3 Å². The van der Waals surface area contributed by atoms with Crippen LogP contribution in [0.15, 0.2) is 176 Å². The minimum absolute atomic E-state index is 0.0412. The van der Waals surface area contributed by atoms with E-state index in [9.17, 15) is 26.3 Å². The lowest BCUT2D eigenvalue weighted by Crippen LogP contribution is -2.47. The number of methoxy groups -OCH3 is 1. The zero-order valence-corrected chi connectivity index (χ0v) is 75.9. The van der Waals surface area contributed by atoms with Crippen molar-refractivity contribution < 1.29 is 69.0 Å². The molecule has 666 valence electrons. The van der Waals surface area contributed by atoms with Gasteiger partial charge in [-0.15, -0.1) is 0 Å². The Morgan fingerprint density at radius 2 is 0.727 bits per heavy atom. The smallest absolute Gasteiger partial charge is 0.423 e. The van der Waals surface area contributed by atoms with E-state index in [4.69, 9.17) is 37.9 Å². The Bertz CT molecular complexity index is 4050. The second kappa shape index (κ2) is 45.3. The summed E-state index contributed by atoms with van der Waals surface area (Å²) in [6.07, 6.45) is 10.7. The van der Waals surface area contributed by atoms with E-state index in [1.54, 1.807) is 31.4 Å². The number of ether oxygens (including phenoxy) is 9. The third-order valence-corrected chi connectivity index (χ3v) is 27.7. The molecule has 0 saturated heterocycles. The Balaban J connectivity index is 0.000000170. The minimum atomic E-state index is -5.58. The molecular formula is C106H146F6O9. The van der Waals surface area contributed by atoms with E-state index in [0.717, 1.165) is 150 Å². The molecule has 13 rings (SSSR count). The molecule has 6 aliphatic rings. The third kappa shape index (κ3) is 29.4. The maximum atomic E-state index is 13.1. The maximum Gasteiger partial charge on any atom is 0.423 e. The molecule has 7 aromatic rings. The van der Waals surface area contributed by atoms with Gasteiger partial charge in [0.2, 0.25) is 25.2 Å². The van der Waals surface area contributed by atoms with Gasteiger partial charge in [-0.3, -0.25) is 0 Å². The maximum absolute atomic E-state index is 13.1. The standard InChI is InChI=1S/C31H42O2.C30H36O2.C23H32F6O2.C22H36O3/c1-5-21(2)23-12-14-27(15-13-23)32-30(33-28-18-24-8-6-7-9-25(24)19-28)20-31(3,4)29-17-22-10-11-26(29)16-22;1-5-22(2)23-15-17-27(18-16-23)31-29(21-30(3,4)26-13-7-6-8-14-26)32-28-19-24-11-9-10-12-25(24)20-28;1-4-15(2)18-10-12-19(13-11-18)30-20(14-16(3)17-8-6-5-7-9-17)31-21(22(24,25)26)23(27,28)29;1-6-17(2)18-12-14-20(15-13-18)25-21(16-22(3,4)23-5)24-19-10-8-7-9-11-19/h6-9,12-15,21-22,26,28-30H,5,10-11,16-20H2,1-4H3;6-18,22,28-29H,5,19-21H2,1-4H3;10-13,15-17,20-21H,4-9,14H2,1-3H3;12-15,17,19,21H,6-11,16H2,1-5H3. The summed E-state index contributed by atoms with van der Waals surface area (Å²) in [4.78, 5) is 0. The van der Waals surface area contributed by atoms with Crippen molar-refractivity contribution in [2.45, 2.75) is 367 Å². The van der Waals surface area contributed by atoms with Gasteiger partial charge in [0.1, 0.15) is 23.0 Å². The highest BCUT2D eigenvalue weighted by Gasteiger charge is 2.59. The van der Waals surface area contributed by atoms with Gasteiger partial charge in [0.25, 0.3) is 6.10 Å². The van der Waals surface area contributed by atoms with Gasteiger partial charge < -0.3 is 42.6 Å². The van der Waals surface area contributed by atoms with Gasteiger partial charge >= 0.3 is 12.4 Å². The SMILES string of the molecule is CCC(C)c1ccc(OC(CC(C)(C)C2CC3CCC2C3)OC2Cc3ccccc3C2)cc1.CCC(C)c1ccc(OC(CC(C)(C)OC)OC2CCCCC2)cc1.CCC(C)c1ccc(OC(CC(C)(C)c2ccccc2)OC2Cc3ccccc3C2)cc1.CCC(C)c1ccc(OC(CC(C)C2CCCCC2)OC(C(F)(F)F)C(F)(F)F)cc1. The highest BCUT2D eigenvalue weighted by atomic mass is 19.4. The van der Waals surface area contributed by atoms with Crippen molar-refractivity contribution in [2.24, 2.45) is 35.0 Å². The minimum Gasteiger partial charge on any atom is -0.465 e. The Hall–Kier alpha value is -6.88. The first kappa shape index (κ1) is 96.3. The molecule has 0 N–H and O–H groups in total. The highest BCUT2D eigenvalue weighted by Crippen LogP contribution is 2.56. The molecule has 7 aromatic carbocycles. The fourth-order valence-corrected chi connectivity index (χ4v) is 19.0. The van der Waals surface area contributed by atoms with Gasteiger partial charge in [0, 0.05) is 32.8 Å². The van der Waals surface area contributed by atoms with Gasteiger partial charge in [-0.2, -0.15) is 26.3 Å². The molecule has 4 fully saturated rings. The molecule has 0 aliphatic heterocycles. The van der Waals surface area contributed by atoms with Gasteiger partial charge in [-0.1, -0.05) is 275 Å². The lowest BCUT2D eigenvalue weighted by atomic mass is 9.68. The van der Waals surface area contributed by atoms with Crippen LogP contribution in [0.2, 0.25) is 0 Å². The highest BCUT2D eigenvalue weighted by molar-refractivity contribution is 5.36. The number of halogens is 6. The number of benzene rings is 7. The normalized spacial score (nSPS) is 20.2. The zero-order valence-electron chi connectivity index (χ0n) is 75.9. The molecule has 0 spiro atoms. The van der Waals surface area contributed by atoms with Crippen molar-refractivity contribution in [1.29, 1.82) is 0 Å². The lowest BCUT2D eigenvalue weighted by Gasteiger charge is -2.40. The first-order valence-corrected chi connectivity index (χ1v) is 46.3. The van der Waals surface area contributed by atoms with Crippen LogP contribution in [0, 0.1) is 35.0 Å². The van der Waals surface area contributed by atoms with Crippen molar-refractivity contribution in [1.82, 2.24) is 0 Å². The largest absolute Gasteiger partial charge is 0.465 e. The predicted octanol–water partition coefficient (Wildman–Crippen LogP) is 29.5. The summed E-state index contributed by atoms with van der Waals surface area (Å²) >= 11 is 0. The van der Waals surface area contributed by atoms with Crippen molar-refractivity contribution >= 4 is 0 Å². The van der Waals surface area contributed by atoms with E-state index in [2.05, 4.69) is 239 Å². The second-order valence-corrected chi connectivity index (χ2v) is 38.3. The summed E-state index contributed by atoms with van der Waals surface area (Å²) < 4.78 is 133. The van der Waals surface area contributed by atoms with Crippen molar-refractivity contribution in [3.05, 3.63) is 226 Å². The van der Waals surface area contributed by atoms with Crippen LogP contribution >= 0.6 is 0 Å². The van der Waals surface area contributed by atoms with Gasteiger partial charge in [-0.25, -0.2) is 0 Å². The van der Waals surface area contributed by atoms with Gasteiger partial charge in [0.15, 0.2) is 0 Å². The summed E-state index contributed by atoms with van der Waals surface area (Å²) in [5.41, 5.74) is 12.0. The quantitative estimate of drug-likeness (QED) is 0.0282. The van der Waals surface area contributed by atoms with Crippen LogP contribution in [-0.4, -0.2) is 74.6 Å². The van der Waals surface area contributed by atoms with Gasteiger partial charge in [-0.05, 0) is 260 Å². The Morgan fingerprint density at radius 3 is 1.08 bits per heavy atom. The number of fused-ring (bicyclic) bond motifs is 4. The van der Waals surface area contributed by atoms with Crippen LogP contribution in [0.25, 0.3) is 0 Å². The predicted molar refractivity (Wildman–Crippen MR) is 478 cm³/mol. The van der Waals surface area contributed by atoms with Crippen LogP contribution in [0.5, 0.6) is 23.0 Å². The molecule has 4 saturated carbocycles. The van der Waals surface area contributed by atoms with Crippen LogP contribution in [-0.2, 0) is 54.8 Å². The van der Waals surface area contributed by atoms with E-state index >= 15 is 0 Å². The third-order valence-electron chi connectivity index (χ3n) is 27.7. The van der Waals surface area contributed by atoms with Crippen LogP contribution in [0.1, 0.15) is 319 Å². The zero-order chi connectivity index (χ0) is 87.1. The molecular weight excluding hydrogens is 1530 g/mol. The summed E-state index contributed by atoms with van der Waals surface area (Å²) in [6.45, 7) is 33.1. The molecule has 0 radical (unpaired) electrons. The van der Waals surface area contributed by atoms with E-state index in [1.165, 1.54) is 89.5 Å². The molecule has 0 heterocycles. The topological polar surface area (TPSA) is 83.1 Å².